The van der Waals surface area contributed by atoms with E-state index in [0.29, 0.717) is 0 Å². The smallest absolute Gasteiger partial charge is 0.402 e. The highest BCUT2D eigenvalue weighted by Gasteiger charge is 2.38. The number of aryl methyl sites for hydroxylation is 1. The fourth-order valence-electron chi connectivity index (χ4n) is 1.60. The molecule has 0 unspecified atom stereocenters. The third-order valence-corrected chi connectivity index (χ3v) is 4.50. The second-order valence-corrected chi connectivity index (χ2v) is 7.24. The van der Waals surface area contributed by atoms with E-state index in [9.17, 15) is 5.11 Å². The van der Waals surface area contributed by atoms with Gasteiger partial charge >= 0.3 is 7.32 Å². The molecular formula is C16H31BO4S. The molecule has 4 nitrogen and oxygen atoms in total. The second kappa shape index (κ2) is 10.4. The molecule has 0 aliphatic heterocycles. The summed E-state index contributed by atoms with van der Waals surface area (Å²) in [5.74, 6) is 0. The minimum Gasteiger partial charge on any atom is -0.402 e. The Hall–Kier alpha value is -0.395. The summed E-state index contributed by atoms with van der Waals surface area (Å²) < 4.78 is 4.66. The second-order valence-electron chi connectivity index (χ2n) is 6.46. The molecule has 1 heterocycles. The molecule has 0 aliphatic rings. The van der Waals surface area contributed by atoms with Gasteiger partial charge in [0.2, 0.25) is 0 Å². The average molecular weight is 330 g/mol. The quantitative estimate of drug-likeness (QED) is 0.505. The lowest BCUT2D eigenvalue weighted by molar-refractivity contribution is -0.109. The van der Waals surface area contributed by atoms with E-state index in [2.05, 4.69) is 28.4 Å². The Balaban J connectivity index is 0.000000401. The van der Waals surface area contributed by atoms with E-state index in [1.54, 1.807) is 25.2 Å². The number of thiophene rings is 1. The third kappa shape index (κ3) is 9.59. The number of rotatable bonds is 8. The van der Waals surface area contributed by atoms with E-state index in [1.165, 1.54) is 51.5 Å². The van der Waals surface area contributed by atoms with Crippen LogP contribution in [0.2, 0.25) is 0 Å². The van der Waals surface area contributed by atoms with Crippen LogP contribution in [0, 0.1) is 0 Å². The zero-order valence-electron chi connectivity index (χ0n) is 14.5. The molecule has 0 fully saturated rings. The molecule has 0 saturated heterocycles. The molecule has 0 atom stereocenters. The van der Waals surface area contributed by atoms with Crippen LogP contribution in [-0.2, 0) is 11.1 Å². The molecule has 0 bridgehead atoms. The summed E-state index contributed by atoms with van der Waals surface area (Å²) >= 11 is 1.80. The molecular weight excluding hydrogens is 299 g/mol. The fourth-order valence-corrected chi connectivity index (χ4v) is 2.30. The first-order valence-corrected chi connectivity index (χ1v) is 8.82. The van der Waals surface area contributed by atoms with Crippen molar-refractivity contribution in [3.05, 3.63) is 22.4 Å². The summed E-state index contributed by atoms with van der Waals surface area (Å²) in [7, 11) is -1.85. The SMILES string of the molecule is CC(C)(O)C(C)(C)OB(O)O.CCCCCCc1ccsc1. The van der Waals surface area contributed by atoms with Crippen LogP contribution in [0.25, 0.3) is 0 Å². The van der Waals surface area contributed by atoms with Crippen molar-refractivity contribution >= 4 is 18.7 Å². The van der Waals surface area contributed by atoms with Gasteiger partial charge in [-0.25, -0.2) is 0 Å². The summed E-state index contributed by atoms with van der Waals surface area (Å²) in [6, 6.07) is 2.23. The average Bonchev–Trinajstić information content (AvgIpc) is 2.85. The molecule has 0 aliphatic carbocycles. The van der Waals surface area contributed by atoms with Gasteiger partial charge in [-0.1, -0.05) is 26.2 Å². The highest BCUT2D eigenvalue weighted by molar-refractivity contribution is 7.07. The van der Waals surface area contributed by atoms with Gasteiger partial charge < -0.3 is 19.8 Å². The van der Waals surface area contributed by atoms with Crippen molar-refractivity contribution in [3.63, 3.8) is 0 Å². The van der Waals surface area contributed by atoms with Crippen LogP contribution in [0.5, 0.6) is 0 Å². The minimum absolute atomic E-state index is 0.985. The van der Waals surface area contributed by atoms with Gasteiger partial charge in [0.15, 0.2) is 0 Å². The molecule has 6 heteroatoms. The third-order valence-electron chi connectivity index (χ3n) is 3.77. The Kier molecular flexibility index (Phi) is 10.2. The van der Waals surface area contributed by atoms with Crippen molar-refractivity contribution in [3.8, 4) is 0 Å². The van der Waals surface area contributed by atoms with Gasteiger partial charge in [0.1, 0.15) is 0 Å². The van der Waals surface area contributed by atoms with Crippen molar-refractivity contribution in [1.82, 2.24) is 0 Å². The maximum Gasteiger partial charge on any atom is 0.634 e. The molecule has 1 aromatic rings. The van der Waals surface area contributed by atoms with Crippen LogP contribution in [-0.4, -0.2) is 33.7 Å². The monoisotopic (exact) mass is 330 g/mol. The molecule has 128 valence electrons. The molecule has 0 aromatic carbocycles. The molecule has 0 saturated carbocycles. The molecule has 1 rings (SSSR count). The number of hydrogen-bond donors (Lipinski definition) is 3. The summed E-state index contributed by atoms with van der Waals surface area (Å²) in [4.78, 5) is 0. The van der Waals surface area contributed by atoms with Gasteiger partial charge in [0.05, 0.1) is 11.2 Å². The minimum atomic E-state index is -1.85. The fraction of sp³-hybridized carbons (Fsp3) is 0.750. The summed E-state index contributed by atoms with van der Waals surface area (Å²) in [5, 5.41) is 30.8. The summed E-state index contributed by atoms with van der Waals surface area (Å²) in [6.45, 7) is 8.48. The Bertz CT molecular complexity index is 372. The van der Waals surface area contributed by atoms with E-state index < -0.39 is 18.5 Å². The van der Waals surface area contributed by atoms with Crippen molar-refractivity contribution in [2.75, 3.05) is 0 Å². The first kappa shape index (κ1) is 21.6. The number of unbranched alkanes of at least 4 members (excludes halogenated alkanes) is 3. The van der Waals surface area contributed by atoms with Crippen LogP contribution < -0.4 is 0 Å². The molecule has 0 spiro atoms. The highest BCUT2D eigenvalue weighted by Crippen LogP contribution is 2.24. The van der Waals surface area contributed by atoms with Gasteiger partial charge in [0, 0.05) is 0 Å². The van der Waals surface area contributed by atoms with Crippen LogP contribution in [0.4, 0.5) is 0 Å². The Morgan fingerprint density at radius 3 is 2.14 bits per heavy atom. The van der Waals surface area contributed by atoms with Crippen molar-refractivity contribution < 1.29 is 19.8 Å². The van der Waals surface area contributed by atoms with E-state index >= 15 is 0 Å². The van der Waals surface area contributed by atoms with Crippen LogP contribution in [0.15, 0.2) is 16.8 Å². The van der Waals surface area contributed by atoms with E-state index in [0.717, 1.165) is 0 Å². The Labute approximate surface area is 139 Å². The lowest BCUT2D eigenvalue weighted by Crippen LogP contribution is -2.50. The lowest BCUT2D eigenvalue weighted by Gasteiger charge is -2.37. The zero-order valence-corrected chi connectivity index (χ0v) is 15.3. The van der Waals surface area contributed by atoms with Gasteiger partial charge in [-0.2, -0.15) is 11.3 Å². The van der Waals surface area contributed by atoms with E-state index in [1.807, 2.05) is 0 Å². The summed E-state index contributed by atoms with van der Waals surface area (Å²) in [5.41, 5.74) is -0.580. The number of hydrogen-bond acceptors (Lipinski definition) is 5. The predicted molar refractivity (Wildman–Crippen MR) is 93.8 cm³/mol. The number of aliphatic hydroxyl groups is 1. The summed E-state index contributed by atoms with van der Waals surface area (Å²) in [6.07, 6.45) is 6.77. The maximum absolute atomic E-state index is 9.45. The Morgan fingerprint density at radius 2 is 1.77 bits per heavy atom. The lowest BCUT2D eigenvalue weighted by atomic mass is 9.88. The first-order chi connectivity index (χ1) is 10.1. The molecule has 3 N–H and O–H groups in total. The molecule has 1 aromatic heterocycles. The van der Waals surface area contributed by atoms with Crippen LogP contribution >= 0.6 is 11.3 Å². The zero-order chi connectivity index (χ0) is 17.2. The Morgan fingerprint density at radius 1 is 1.14 bits per heavy atom. The van der Waals surface area contributed by atoms with Crippen LogP contribution in [0.1, 0.15) is 65.9 Å². The van der Waals surface area contributed by atoms with E-state index in [-0.39, 0.29) is 0 Å². The van der Waals surface area contributed by atoms with E-state index in [4.69, 9.17) is 10.0 Å². The topological polar surface area (TPSA) is 69.9 Å². The van der Waals surface area contributed by atoms with Gasteiger partial charge in [0.25, 0.3) is 0 Å². The van der Waals surface area contributed by atoms with Crippen molar-refractivity contribution in [2.45, 2.75) is 77.9 Å². The standard InChI is InChI=1S/C10H16S.C6H15BO4/c1-2-3-4-5-6-10-7-8-11-9-10;1-5(2,8)6(3,4)11-7(9)10/h7-9H,2-6H2,1H3;8-10H,1-4H3. The van der Waals surface area contributed by atoms with Gasteiger partial charge in [-0.15, -0.1) is 0 Å². The van der Waals surface area contributed by atoms with Crippen molar-refractivity contribution in [2.24, 2.45) is 0 Å². The van der Waals surface area contributed by atoms with Gasteiger partial charge in [-0.05, 0) is 62.9 Å². The highest BCUT2D eigenvalue weighted by atomic mass is 32.1. The first-order valence-electron chi connectivity index (χ1n) is 7.87. The predicted octanol–water partition coefficient (Wildman–Crippen LogP) is 3.39. The van der Waals surface area contributed by atoms with Crippen molar-refractivity contribution in [1.29, 1.82) is 0 Å². The molecule has 22 heavy (non-hydrogen) atoms. The largest absolute Gasteiger partial charge is 0.634 e. The molecule has 0 amide bonds. The normalized spacial score (nSPS) is 11.8. The van der Waals surface area contributed by atoms with Gasteiger partial charge in [-0.3, -0.25) is 0 Å². The maximum atomic E-state index is 9.45. The molecule has 0 radical (unpaired) electrons. The van der Waals surface area contributed by atoms with Crippen LogP contribution in [0.3, 0.4) is 0 Å².